The number of pyridine rings is 1. The normalized spacial score (nSPS) is 12.8. The van der Waals surface area contributed by atoms with Gasteiger partial charge in [0.15, 0.2) is 8.32 Å². The molecule has 1 aromatic heterocycles. The minimum Gasteiger partial charge on any atom is -0.465 e. The molecule has 0 radical (unpaired) electrons. The molecule has 3 rings (SSSR count). The van der Waals surface area contributed by atoms with Crippen LogP contribution < -0.4 is 5.32 Å². The standard InChI is InChI=1S/C35H48ClN3O5Si/c1-34(2,3)43-33(41)39(24-31(26-14-10-15-27(36)21-26)44-45(8,9)35(4,5)6)20-12-18-38-28-16-11-13-25(22-28)30-23-37-19-17-29(30)32(40)42-7/h10-11,13-17,19,21-23,31,38H,12,18,20,24H2,1-9H3/t31-/m1/s1. The molecule has 0 aliphatic rings. The summed E-state index contributed by atoms with van der Waals surface area (Å²) < 4.78 is 17.7. The van der Waals surface area contributed by atoms with Crippen LogP contribution in [0.3, 0.4) is 0 Å². The molecule has 0 saturated heterocycles. The van der Waals surface area contributed by atoms with E-state index in [0.717, 1.165) is 16.8 Å². The van der Waals surface area contributed by atoms with Gasteiger partial charge in [-0.05, 0) is 86.8 Å². The number of hydrogen-bond donors (Lipinski definition) is 1. The molecule has 244 valence electrons. The lowest BCUT2D eigenvalue weighted by Gasteiger charge is -2.40. The highest BCUT2D eigenvalue weighted by Crippen LogP contribution is 2.40. The molecule has 10 heteroatoms. The maximum Gasteiger partial charge on any atom is 0.410 e. The molecule has 8 nitrogen and oxygen atoms in total. The van der Waals surface area contributed by atoms with Crippen molar-refractivity contribution in [3.8, 4) is 11.1 Å². The molecule has 1 N–H and O–H groups in total. The molecular weight excluding hydrogens is 606 g/mol. The number of ether oxygens (including phenoxy) is 2. The van der Waals surface area contributed by atoms with Crippen LogP contribution in [0.4, 0.5) is 10.5 Å². The van der Waals surface area contributed by atoms with Crippen LogP contribution in [0.25, 0.3) is 11.1 Å². The number of nitrogens with one attached hydrogen (secondary N) is 1. The van der Waals surface area contributed by atoms with Crippen LogP contribution in [0.15, 0.2) is 67.0 Å². The van der Waals surface area contributed by atoms with Gasteiger partial charge in [0.2, 0.25) is 0 Å². The largest absolute Gasteiger partial charge is 0.465 e. The Bertz CT molecular complexity index is 1450. The van der Waals surface area contributed by atoms with Crippen LogP contribution in [0.5, 0.6) is 0 Å². The summed E-state index contributed by atoms with van der Waals surface area (Å²) in [6.07, 6.45) is 3.13. The third-order valence-electron chi connectivity index (χ3n) is 7.84. The fourth-order valence-electron chi connectivity index (χ4n) is 4.45. The first-order valence-corrected chi connectivity index (χ1v) is 18.6. The fourth-order valence-corrected chi connectivity index (χ4v) is 5.92. The van der Waals surface area contributed by atoms with E-state index < -0.39 is 19.9 Å². The molecule has 45 heavy (non-hydrogen) atoms. The van der Waals surface area contributed by atoms with E-state index in [1.165, 1.54) is 7.11 Å². The second-order valence-corrected chi connectivity index (χ2v) is 18.8. The van der Waals surface area contributed by atoms with E-state index in [9.17, 15) is 9.59 Å². The molecule has 3 aromatic rings. The number of nitrogens with zero attached hydrogens (tertiary/aromatic N) is 2. The van der Waals surface area contributed by atoms with Crippen LogP contribution in [-0.4, -0.2) is 62.6 Å². The van der Waals surface area contributed by atoms with Gasteiger partial charge in [0, 0.05) is 41.8 Å². The number of esters is 1. The lowest BCUT2D eigenvalue weighted by atomic mass is 10.0. The van der Waals surface area contributed by atoms with Crippen LogP contribution in [0.1, 0.15) is 70.0 Å². The van der Waals surface area contributed by atoms with E-state index in [0.29, 0.717) is 42.2 Å². The van der Waals surface area contributed by atoms with Crippen molar-refractivity contribution in [2.24, 2.45) is 0 Å². The molecule has 0 saturated carbocycles. The third kappa shape index (κ3) is 10.6. The summed E-state index contributed by atoms with van der Waals surface area (Å²) >= 11 is 6.39. The minimum absolute atomic E-state index is 0.0214. The zero-order chi connectivity index (χ0) is 33.4. The van der Waals surface area contributed by atoms with Gasteiger partial charge in [-0.1, -0.05) is 56.6 Å². The first kappa shape index (κ1) is 36.1. The Kier molecular flexibility index (Phi) is 12.2. The molecular formula is C35H48ClN3O5Si. The molecule has 0 aliphatic heterocycles. The average Bonchev–Trinajstić information content (AvgIpc) is 2.96. The number of rotatable bonds is 12. The van der Waals surface area contributed by atoms with Crippen molar-refractivity contribution in [3.63, 3.8) is 0 Å². The smallest absolute Gasteiger partial charge is 0.410 e. The number of aromatic nitrogens is 1. The average molecular weight is 654 g/mol. The Morgan fingerprint density at radius 2 is 1.73 bits per heavy atom. The Morgan fingerprint density at radius 1 is 1.02 bits per heavy atom. The van der Waals surface area contributed by atoms with Crippen LogP contribution in [-0.2, 0) is 13.9 Å². The number of halogens is 1. The van der Waals surface area contributed by atoms with E-state index in [1.54, 1.807) is 23.4 Å². The molecule has 0 unspecified atom stereocenters. The SMILES string of the molecule is COC(=O)c1ccncc1-c1cccc(NCCCN(C[C@@H](O[Si](C)(C)C(C)(C)C)c2cccc(Cl)c2)C(=O)OC(C)(C)C)c1. The summed E-state index contributed by atoms with van der Waals surface area (Å²) in [6, 6.07) is 17.1. The summed E-state index contributed by atoms with van der Waals surface area (Å²) in [5, 5.41) is 4.05. The zero-order valence-corrected chi connectivity index (χ0v) is 29.8. The van der Waals surface area contributed by atoms with Crippen molar-refractivity contribution in [1.82, 2.24) is 9.88 Å². The Hall–Kier alpha value is -3.40. The molecule has 0 spiro atoms. The Balaban J connectivity index is 1.79. The minimum atomic E-state index is -2.21. The van der Waals surface area contributed by atoms with Gasteiger partial charge < -0.3 is 24.1 Å². The number of hydrogen-bond acceptors (Lipinski definition) is 7. The molecule has 1 amide bonds. The van der Waals surface area contributed by atoms with Gasteiger partial charge in [-0.15, -0.1) is 0 Å². The van der Waals surface area contributed by atoms with Gasteiger partial charge in [-0.2, -0.15) is 0 Å². The van der Waals surface area contributed by atoms with Crippen molar-refractivity contribution < 1.29 is 23.5 Å². The second kappa shape index (κ2) is 15.3. The molecule has 1 atom stereocenters. The quantitative estimate of drug-likeness (QED) is 0.118. The third-order valence-corrected chi connectivity index (χ3v) is 12.6. The molecule has 1 heterocycles. The van der Waals surface area contributed by atoms with E-state index in [2.05, 4.69) is 44.2 Å². The number of amides is 1. The van der Waals surface area contributed by atoms with E-state index in [4.69, 9.17) is 25.5 Å². The molecule has 0 aliphatic carbocycles. The maximum absolute atomic E-state index is 13.5. The van der Waals surface area contributed by atoms with Crippen LogP contribution in [0.2, 0.25) is 23.2 Å². The predicted molar refractivity (Wildman–Crippen MR) is 184 cm³/mol. The number of carbonyl (C=O) groups is 2. The zero-order valence-electron chi connectivity index (χ0n) is 28.1. The molecule has 0 fully saturated rings. The summed E-state index contributed by atoms with van der Waals surface area (Å²) in [5.41, 5.74) is 3.15. The number of methoxy groups -OCH3 is 1. The lowest BCUT2D eigenvalue weighted by molar-refractivity contribution is 0.0155. The van der Waals surface area contributed by atoms with Crippen molar-refractivity contribution in [3.05, 3.63) is 83.1 Å². The van der Waals surface area contributed by atoms with E-state index in [1.807, 2.05) is 69.3 Å². The number of benzene rings is 2. The number of anilines is 1. The van der Waals surface area contributed by atoms with Crippen LogP contribution in [0, 0.1) is 0 Å². The van der Waals surface area contributed by atoms with Gasteiger partial charge in [0.25, 0.3) is 0 Å². The maximum atomic E-state index is 13.5. The second-order valence-electron chi connectivity index (χ2n) is 13.6. The monoisotopic (exact) mass is 653 g/mol. The first-order chi connectivity index (χ1) is 21.0. The molecule has 0 bridgehead atoms. The summed E-state index contributed by atoms with van der Waals surface area (Å²) in [7, 11) is -0.851. The van der Waals surface area contributed by atoms with Crippen molar-refractivity contribution in [1.29, 1.82) is 0 Å². The summed E-state index contributed by atoms with van der Waals surface area (Å²) in [4.78, 5) is 31.7. The highest BCUT2D eigenvalue weighted by atomic mass is 35.5. The highest BCUT2D eigenvalue weighted by molar-refractivity contribution is 6.74. The Labute approximate surface area is 274 Å². The molecule has 2 aromatic carbocycles. The van der Waals surface area contributed by atoms with Gasteiger partial charge in [0.05, 0.1) is 25.3 Å². The topological polar surface area (TPSA) is 90.0 Å². The summed E-state index contributed by atoms with van der Waals surface area (Å²) in [5.74, 6) is -0.415. The highest BCUT2D eigenvalue weighted by Gasteiger charge is 2.40. The van der Waals surface area contributed by atoms with E-state index >= 15 is 0 Å². The number of carbonyl (C=O) groups excluding carboxylic acids is 2. The predicted octanol–water partition coefficient (Wildman–Crippen LogP) is 8.99. The summed E-state index contributed by atoms with van der Waals surface area (Å²) in [6.45, 7) is 18.0. The van der Waals surface area contributed by atoms with Gasteiger partial charge in [-0.3, -0.25) is 4.98 Å². The van der Waals surface area contributed by atoms with Crippen LogP contribution >= 0.6 is 11.6 Å². The van der Waals surface area contributed by atoms with Gasteiger partial charge in [-0.25, -0.2) is 9.59 Å². The lowest BCUT2D eigenvalue weighted by Crippen LogP contribution is -2.46. The fraction of sp³-hybridized carbons (Fsp3) is 0.457. The van der Waals surface area contributed by atoms with Crippen molar-refractivity contribution in [2.75, 3.05) is 32.1 Å². The Morgan fingerprint density at radius 3 is 2.38 bits per heavy atom. The van der Waals surface area contributed by atoms with E-state index in [-0.39, 0.29) is 17.2 Å². The first-order valence-electron chi connectivity index (χ1n) is 15.3. The van der Waals surface area contributed by atoms with Crippen molar-refractivity contribution in [2.45, 2.75) is 77.8 Å². The van der Waals surface area contributed by atoms with Gasteiger partial charge in [0.1, 0.15) is 5.60 Å². The van der Waals surface area contributed by atoms with Crippen molar-refractivity contribution >= 4 is 37.7 Å². The van der Waals surface area contributed by atoms with Gasteiger partial charge >= 0.3 is 12.1 Å².